The molecule has 0 bridgehead atoms. The zero-order valence-corrected chi connectivity index (χ0v) is 13.1. The molecule has 1 fully saturated rings. The first kappa shape index (κ1) is 16.1. The first-order chi connectivity index (χ1) is 10.5. The molecule has 0 spiro atoms. The molecule has 0 radical (unpaired) electrons. The molecule has 2 rings (SSSR count). The summed E-state index contributed by atoms with van der Waals surface area (Å²) in [7, 11) is 3.26. The standard InChI is InChI=1S/C16H23N3O3/c1-19(2)15(21)17-10-14(20)18-11-16(8-9-16)12-22-13-6-4-3-5-7-13/h3-7H,8-12H2,1-2H3,(H,17,21)(H,18,20). The fraction of sp³-hybridized carbons (Fsp3) is 0.500. The molecular formula is C16H23N3O3. The van der Waals surface area contributed by atoms with E-state index in [1.54, 1.807) is 14.1 Å². The van der Waals surface area contributed by atoms with Gasteiger partial charge in [0, 0.05) is 26.1 Å². The molecule has 0 unspecified atom stereocenters. The second kappa shape index (κ2) is 7.15. The number of benzene rings is 1. The Bertz CT molecular complexity index is 513. The molecule has 1 aliphatic rings. The Hall–Kier alpha value is -2.24. The van der Waals surface area contributed by atoms with Crippen LogP contribution in [0.2, 0.25) is 0 Å². The van der Waals surface area contributed by atoms with E-state index in [0.29, 0.717) is 13.2 Å². The van der Waals surface area contributed by atoms with Crippen LogP contribution >= 0.6 is 0 Å². The maximum atomic E-state index is 11.7. The van der Waals surface area contributed by atoms with Gasteiger partial charge in [-0.15, -0.1) is 0 Å². The number of nitrogens with zero attached hydrogens (tertiary/aromatic N) is 1. The molecule has 120 valence electrons. The van der Waals surface area contributed by atoms with Crippen molar-refractivity contribution in [3.63, 3.8) is 0 Å². The highest BCUT2D eigenvalue weighted by atomic mass is 16.5. The first-order valence-electron chi connectivity index (χ1n) is 7.40. The fourth-order valence-electron chi connectivity index (χ4n) is 1.96. The number of carbonyl (C=O) groups excluding carboxylic acids is 2. The highest BCUT2D eigenvalue weighted by Crippen LogP contribution is 2.45. The summed E-state index contributed by atoms with van der Waals surface area (Å²) in [6.07, 6.45) is 2.09. The van der Waals surface area contributed by atoms with Crippen LogP contribution in [0.4, 0.5) is 4.79 Å². The van der Waals surface area contributed by atoms with Gasteiger partial charge in [0.2, 0.25) is 5.91 Å². The van der Waals surface area contributed by atoms with Gasteiger partial charge in [0.25, 0.3) is 0 Å². The molecule has 0 heterocycles. The van der Waals surface area contributed by atoms with Gasteiger partial charge in [-0.3, -0.25) is 4.79 Å². The van der Waals surface area contributed by atoms with Gasteiger partial charge in [-0.2, -0.15) is 0 Å². The number of rotatable bonds is 7. The summed E-state index contributed by atoms with van der Waals surface area (Å²) in [4.78, 5) is 24.5. The summed E-state index contributed by atoms with van der Waals surface area (Å²) in [5.74, 6) is 0.666. The van der Waals surface area contributed by atoms with Gasteiger partial charge < -0.3 is 20.3 Å². The molecule has 1 aliphatic carbocycles. The van der Waals surface area contributed by atoms with E-state index in [-0.39, 0.29) is 23.9 Å². The SMILES string of the molecule is CN(C)C(=O)NCC(=O)NCC1(COc2ccccc2)CC1. The third-order valence-electron chi connectivity index (χ3n) is 3.71. The number of urea groups is 1. The second-order valence-corrected chi connectivity index (χ2v) is 5.93. The zero-order chi connectivity index (χ0) is 16.0. The van der Waals surface area contributed by atoms with Crippen molar-refractivity contribution < 1.29 is 14.3 Å². The molecule has 6 nitrogen and oxygen atoms in total. The Kier molecular flexibility index (Phi) is 5.25. The van der Waals surface area contributed by atoms with Gasteiger partial charge in [-0.25, -0.2) is 4.79 Å². The quantitative estimate of drug-likeness (QED) is 0.796. The number of hydrogen-bond acceptors (Lipinski definition) is 3. The lowest BCUT2D eigenvalue weighted by Crippen LogP contribution is -2.43. The Morgan fingerprint density at radius 1 is 1.18 bits per heavy atom. The van der Waals surface area contributed by atoms with E-state index >= 15 is 0 Å². The van der Waals surface area contributed by atoms with Gasteiger partial charge >= 0.3 is 6.03 Å². The molecule has 2 N–H and O–H groups in total. The second-order valence-electron chi connectivity index (χ2n) is 5.93. The normalized spacial score (nSPS) is 14.8. The van der Waals surface area contributed by atoms with Crippen molar-refractivity contribution in [2.75, 3.05) is 33.8 Å². The lowest BCUT2D eigenvalue weighted by atomic mass is 10.1. The predicted octanol–water partition coefficient (Wildman–Crippen LogP) is 1.23. The Balaban J connectivity index is 1.67. The average Bonchev–Trinajstić information content (AvgIpc) is 3.30. The number of hydrogen-bond donors (Lipinski definition) is 2. The van der Waals surface area contributed by atoms with Crippen LogP contribution in [-0.2, 0) is 4.79 Å². The van der Waals surface area contributed by atoms with E-state index < -0.39 is 0 Å². The Morgan fingerprint density at radius 3 is 2.45 bits per heavy atom. The minimum absolute atomic E-state index is 0.00731. The van der Waals surface area contributed by atoms with Crippen LogP contribution in [0.25, 0.3) is 0 Å². The third-order valence-corrected chi connectivity index (χ3v) is 3.71. The van der Waals surface area contributed by atoms with Gasteiger partial charge in [-0.1, -0.05) is 18.2 Å². The summed E-state index contributed by atoms with van der Waals surface area (Å²) in [5, 5.41) is 5.40. The van der Waals surface area contributed by atoms with Crippen LogP contribution in [0.3, 0.4) is 0 Å². The molecule has 0 atom stereocenters. The van der Waals surface area contributed by atoms with Gasteiger partial charge in [-0.05, 0) is 25.0 Å². The highest BCUT2D eigenvalue weighted by Gasteiger charge is 2.43. The molecule has 3 amide bonds. The minimum atomic E-state index is -0.274. The lowest BCUT2D eigenvalue weighted by Gasteiger charge is -2.17. The van der Waals surface area contributed by atoms with Crippen molar-refractivity contribution in [3.05, 3.63) is 30.3 Å². The Morgan fingerprint density at radius 2 is 1.86 bits per heavy atom. The summed E-state index contributed by atoms with van der Waals surface area (Å²) in [5.41, 5.74) is 0.0387. The molecule has 1 aromatic rings. The van der Waals surface area contributed by atoms with Crippen LogP contribution in [-0.4, -0.2) is 50.6 Å². The summed E-state index contributed by atoms with van der Waals surface area (Å²) >= 11 is 0. The van der Waals surface area contributed by atoms with Crippen molar-refractivity contribution in [2.45, 2.75) is 12.8 Å². The van der Waals surface area contributed by atoms with Crippen molar-refractivity contribution in [2.24, 2.45) is 5.41 Å². The molecule has 6 heteroatoms. The third kappa shape index (κ3) is 4.95. The predicted molar refractivity (Wildman–Crippen MR) is 83.7 cm³/mol. The van der Waals surface area contributed by atoms with Crippen LogP contribution in [0.5, 0.6) is 5.75 Å². The molecule has 0 aromatic heterocycles. The van der Waals surface area contributed by atoms with Crippen LogP contribution in [0, 0.1) is 5.41 Å². The molecule has 1 aromatic carbocycles. The van der Waals surface area contributed by atoms with Gasteiger partial charge in [0.05, 0.1) is 13.2 Å². The van der Waals surface area contributed by atoms with E-state index in [1.165, 1.54) is 4.90 Å². The first-order valence-corrected chi connectivity index (χ1v) is 7.40. The molecular weight excluding hydrogens is 282 g/mol. The largest absolute Gasteiger partial charge is 0.493 e. The lowest BCUT2D eigenvalue weighted by molar-refractivity contribution is -0.120. The van der Waals surface area contributed by atoms with E-state index in [1.807, 2.05) is 30.3 Å². The minimum Gasteiger partial charge on any atom is -0.493 e. The average molecular weight is 305 g/mol. The molecule has 22 heavy (non-hydrogen) atoms. The van der Waals surface area contributed by atoms with Crippen molar-refractivity contribution in [3.8, 4) is 5.75 Å². The van der Waals surface area contributed by atoms with E-state index in [2.05, 4.69) is 10.6 Å². The van der Waals surface area contributed by atoms with Crippen LogP contribution < -0.4 is 15.4 Å². The van der Waals surface area contributed by atoms with Crippen molar-refractivity contribution >= 4 is 11.9 Å². The van der Waals surface area contributed by atoms with Crippen molar-refractivity contribution in [1.29, 1.82) is 0 Å². The summed E-state index contributed by atoms with van der Waals surface area (Å²) < 4.78 is 5.77. The topological polar surface area (TPSA) is 70.7 Å². The smallest absolute Gasteiger partial charge is 0.317 e. The van der Waals surface area contributed by atoms with Crippen LogP contribution in [0.15, 0.2) is 30.3 Å². The molecule has 1 saturated carbocycles. The maximum Gasteiger partial charge on any atom is 0.317 e. The van der Waals surface area contributed by atoms with Crippen LogP contribution in [0.1, 0.15) is 12.8 Å². The maximum absolute atomic E-state index is 11.7. The van der Waals surface area contributed by atoms with E-state index in [4.69, 9.17) is 4.74 Å². The van der Waals surface area contributed by atoms with Gasteiger partial charge in [0.1, 0.15) is 5.75 Å². The number of ether oxygens (including phenoxy) is 1. The Labute approximate surface area is 130 Å². The zero-order valence-electron chi connectivity index (χ0n) is 13.1. The van der Waals surface area contributed by atoms with E-state index in [9.17, 15) is 9.59 Å². The van der Waals surface area contributed by atoms with Crippen molar-refractivity contribution in [1.82, 2.24) is 15.5 Å². The van der Waals surface area contributed by atoms with Gasteiger partial charge in [0.15, 0.2) is 0 Å². The highest BCUT2D eigenvalue weighted by molar-refractivity contribution is 5.83. The number of para-hydroxylation sites is 1. The summed E-state index contributed by atoms with van der Waals surface area (Å²) in [6, 6.07) is 9.39. The monoisotopic (exact) mass is 305 g/mol. The fourth-order valence-corrected chi connectivity index (χ4v) is 1.96. The summed E-state index contributed by atoms with van der Waals surface area (Å²) in [6.45, 7) is 1.17. The molecule has 0 saturated heterocycles. The number of carbonyl (C=O) groups is 2. The van der Waals surface area contributed by atoms with E-state index in [0.717, 1.165) is 18.6 Å². The molecule has 0 aliphatic heterocycles. The number of amides is 3. The number of nitrogens with one attached hydrogen (secondary N) is 2.